The SMILES string of the molecule is CSc1nn(-c2ccccc2)c2cc(N3CCN(CC4CCCNC4)C3=O)ccc12. The van der Waals surface area contributed by atoms with Crippen LogP contribution in [0.1, 0.15) is 12.8 Å². The number of aromatic nitrogens is 2. The van der Waals surface area contributed by atoms with Gasteiger partial charge in [-0.15, -0.1) is 11.8 Å². The third-order valence-corrected chi connectivity index (χ3v) is 6.80. The lowest BCUT2D eigenvalue weighted by atomic mass is 9.99. The molecule has 2 saturated heterocycles. The molecule has 30 heavy (non-hydrogen) atoms. The number of hydrogen-bond donors (Lipinski definition) is 1. The van der Waals surface area contributed by atoms with Crippen molar-refractivity contribution in [3.63, 3.8) is 0 Å². The highest BCUT2D eigenvalue weighted by Gasteiger charge is 2.31. The summed E-state index contributed by atoms with van der Waals surface area (Å²) in [5, 5.41) is 10.4. The molecule has 1 aromatic heterocycles. The second-order valence-electron chi connectivity index (χ2n) is 8.05. The number of thioether (sulfide) groups is 1. The third kappa shape index (κ3) is 3.56. The molecule has 3 aromatic rings. The van der Waals surface area contributed by atoms with E-state index < -0.39 is 0 Å². The van der Waals surface area contributed by atoms with E-state index in [2.05, 4.69) is 35.6 Å². The molecule has 156 valence electrons. The molecule has 2 fully saturated rings. The molecule has 0 spiro atoms. The van der Waals surface area contributed by atoms with Crippen molar-refractivity contribution < 1.29 is 4.79 Å². The molecule has 2 aliphatic heterocycles. The maximum atomic E-state index is 13.1. The van der Waals surface area contributed by atoms with Crippen molar-refractivity contribution in [2.24, 2.45) is 5.92 Å². The molecule has 1 unspecified atom stereocenters. The Morgan fingerprint density at radius 3 is 2.77 bits per heavy atom. The quantitative estimate of drug-likeness (QED) is 0.633. The van der Waals surface area contributed by atoms with Gasteiger partial charge in [-0.05, 0) is 68.4 Å². The van der Waals surface area contributed by atoms with Crippen molar-refractivity contribution in [2.45, 2.75) is 17.9 Å². The Balaban J connectivity index is 1.44. The molecule has 0 saturated carbocycles. The van der Waals surface area contributed by atoms with Gasteiger partial charge in [0.05, 0.1) is 11.2 Å². The summed E-state index contributed by atoms with van der Waals surface area (Å²) in [5.74, 6) is 0.564. The minimum absolute atomic E-state index is 0.121. The van der Waals surface area contributed by atoms with Gasteiger partial charge in [0, 0.05) is 30.7 Å². The van der Waals surface area contributed by atoms with Crippen LogP contribution in [0.25, 0.3) is 16.6 Å². The van der Waals surface area contributed by atoms with Crippen molar-refractivity contribution in [3.8, 4) is 5.69 Å². The van der Waals surface area contributed by atoms with Gasteiger partial charge < -0.3 is 10.2 Å². The van der Waals surface area contributed by atoms with Crippen LogP contribution in [0.5, 0.6) is 0 Å². The molecule has 7 heteroatoms. The number of amides is 2. The number of carbonyl (C=O) groups is 1. The molecule has 2 aromatic carbocycles. The van der Waals surface area contributed by atoms with Gasteiger partial charge in [0.25, 0.3) is 0 Å². The minimum atomic E-state index is 0.121. The summed E-state index contributed by atoms with van der Waals surface area (Å²) in [4.78, 5) is 17.1. The van der Waals surface area contributed by atoms with E-state index in [0.717, 1.165) is 60.0 Å². The van der Waals surface area contributed by atoms with Gasteiger partial charge in [-0.2, -0.15) is 5.10 Å². The molecule has 5 rings (SSSR count). The van der Waals surface area contributed by atoms with Crippen molar-refractivity contribution in [3.05, 3.63) is 48.5 Å². The Morgan fingerprint density at radius 1 is 1.13 bits per heavy atom. The summed E-state index contributed by atoms with van der Waals surface area (Å²) in [6, 6.07) is 16.6. The van der Waals surface area contributed by atoms with Crippen LogP contribution < -0.4 is 10.2 Å². The van der Waals surface area contributed by atoms with E-state index >= 15 is 0 Å². The first-order valence-corrected chi connectivity index (χ1v) is 11.9. The number of benzene rings is 2. The van der Waals surface area contributed by atoms with E-state index in [0.29, 0.717) is 5.92 Å². The first kappa shape index (κ1) is 19.5. The fourth-order valence-corrected chi connectivity index (χ4v) is 5.10. The topological polar surface area (TPSA) is 53.4 Å². The lowest BCUT2D eigenvalue weighted by Gasteiger charge is -2.27. The first-order chi connectivity index (χ1) is 14.7. The largest absolute Gasteiger partial charge is 0.324 e. The highest BCUT2D eigenvalue weighted by Crippen LogP contribution is 2.32. The van der Waals surface area contributed by atoms with Gasteiger partial charge >= 0.3 is 6.03 Å². The number of carbonyl (C=O) groups excluding carboxylic acids is 1. The molecule has 2 amide bonds. The number of para-hydroxylation sites is 1. The third-order valence-electron chi connectivity index (χ3n) is 6.11. The number of rotatable bonds is 5. The number of urea groups is 1. The minimum Gasteiger partial charge on any atom is -0.322 e. The number of piperidine rings is 1. The highest BCUT2D eigenvalue weighted by molar-refractivity contribution is 7.98. The Hall–Kier alpha value is -2.51. The van der Waals surface area contributed by atoms with Crippen molar-refractivity contribution >= 4 is 34.4 Å². The van der Waals surface area contributed by atoms with Crippen molar-refractivity contribution in [2.75, 3.05) is 43.9 Å². The van der Waals surface area contributed by atoms with Crippen LogP contribution in [0.4, 0.5) is 10.5 Å². The van der Waals surface area contributed by atoms with E-state index in [-0.39, 0.29) is 6.03 Å². The monoisotopic (exact) mass is 421 g/mol. The Morgan fingerprint density at radius 2 is 2.00 bits per heavy atom. The normalized spacial score (nSPS) is 19.8. The summed E-state index contributed by atoms with van der Waals surface area (Å²) in [6.45, 7) is 4.50. The van der Waals surface area contributed by atoms with Gasteiger partial charge in [0.15, 0.2) is 0 Å². The fraction of sp³-hybridized carbons (Fsp3) is 0.391. The molecule has 1 atom stereocenters. The summed E-state index contributed by atoms with van der Waals surface area (Å²) in [7, 11) is 0. The summed E-state index contributed by atoms with van der Waals surface area (Å²) in [5.41, 5.74) is 3.01. The Kier molecular flexibility index (Phi) is 5.39. The van der Waals surface area contributed by atoms with Crippen LogP contribution in [-0.2, 0) is 0 Å². The van der Waals surface area contributed by atoms with E-state index in [4.69, 9.17) is 5.10 Å². The van der Waals surface area contributed by atoms with E-state index in [1.165, 1.54) is 12.8 Å². The lowest BCUT2D eigenvalue weighted by molar-refractivity contribution is 0.205. The average Bonchev–Trinajstić information content (AvgIpc) is 3.35. The predicted molar refractivity (Wildman–Crippen MR) is 123 cm³/mol. The van der Waals surface area contributed by atoms with Crippen LogP contribution in [0.3, 0.4) is 0 Å². The number of fused-ring (bicyclic) bond motifs is 1. The summed E-state index contributed by atoms with van der Waals surface area (Å²) in [6.07, 6.45) is 4.46. The predicted octanol–water partition coefficient (Wildman–Crippen LogP) is 3.99. The number of nitrogens with one attached hydrogen (secondary N) is 1. The lowest BCUT2D eigenvalue weighted by Crippen LogP contribution is -2.40. The van der Waals surface area contributed by atoms with Gasteiger partial charge in [0.1, 0.15) is 5.03 Å². The van der Waals surface area contributed by atoms with Gasteiger partial charge in [0.2, 0.25) is 0 Å². The number of anilines is 1. The van der Waals surface area contributed by atoms with Gasteiger partial charge in [-0.25, -0.2) is 9.48 Å². The molecule has 0 bridgehead atoms. The van der Waals surface area contributed by atoms with E-state index in [9.17, 15) is 4.79 Å². The maximum Gasteiger partial charge on any atom is 0.324 e. The zero-order valence-electron chi connectivity index (χ0n) is 17.3. The van der Waals surface area contributed by atoms with Crippen molar-refractivity contribution in [1.82, 2.24) is 20.0 Å². The number of nitrogens with zero attached hydrogens (tertiary/aromatic N) is 4. The highest BCUT2D eigenvalue weighted by atomic mass is 32.2. The summed E-state index contributed by atoms with van der Waals surface area (Å²) >= 11 is 1.65. The molecule has 2 aliphatic rings. The van der Waals surface area contributed by atoms with Crippen LogP contribution in [0, 0.1) is 5.92 Å². The zero-order valence-corrected chi connectivity index (χ0v) is 18.1. The van der Waals surface area contributed by atoms with Gasteiger partial charge in [-0.1, -0.05) is 18.2 Å². The first-order valence-electron chi connectivity index (χ1n) is 10.6. The molecular formula is C23H27N5OS. The molecule has 3 heterocycles. The molecule has 1 N–H and O–H groups in total. The molecule has 0 radical (unpaired) electrons. The fourth-order valence-electron chi connectivity index (χ4n) is 4.54. The van der Waals surface area contributed by atoms with Crippen LogP contribution in [-0.4, -0.2) is 59.7 Å². The second kappa shape index (κ2) is 8.32. The maximum absolute atomic E-state index is 13.1. The van der Waals surface area contributed by atoms with E-state index in [1.54, 1.807) is 11.8 Å². The molecule has 0 aliphatic carbocycles. The van der Waals surface area contributed by atoms with Crippen LogP contribution in [0.15, 0.2) is 53.6 Å². The molecule has 6 nitrogen and oxygen atoms in total. The van der Waals surface area contributed by atoms with Crippen LogP contribution in [0.2, 0.25) is 0 Å². The smallest absolute Gasteiger partial charge is 0.322 e. The number of hydrogen-bond acceptors (Lipinski definition) is 4. The Labute approximate surface area is 181 Å². The van der Waals surface area contributed by atoms with E-state index in [1.807, 2.05) is 38.9 Å². The average molecular weight is 422 g/mol. The van der Waals surface area contributed by atoms with Gasteiger partial charge in [-0.3, -0.25) is 4.90 Å². The standard InChI is InChI=1S/C23H27N5OS/c1-30-22-20-10-9-19(14-21(20)28(25-22)18-7-3-2-4-8-18)27-13-12-26(23(27)29)16-17-6-5-11-24-15-17/h2-4,7-10,14,17,24H,5-6,11-13,15-16H2,1H3. The van der Waals surface area contributed by atoms with Crippen molar-refractivity contribution in [1.29, 1.82) is 0 Å². The van der Waals surface area contributed by atoms with Crippen LogP contribution >= 0.6 is 11.8 Å². The Bertz CT molecular complexity index is 1040. The summed E-state index contributed by atoms with van der Waals surface area (Å²) < 4.78 is 1.98. The zero-order chi connectivity index (χ0) is 20.5. The molecular weight excluding hydrogens is 394 g/mol. The second-order valence-corrected chi connectivity index (χ2v) is 8.85.